The number of hydrogen-bond acceptors (Lipinski definition) is 3. The number of aromatic nitrogens is 2. The Labute approximate surface area is 118 Å². The fourth-order valence-corrected chi connectivity index (χ4v) is 3.72. The molecule has 0 saturated carbocycles. The number of H-pyrrole nitrogens is 1. The van der Waals surface area contributed by atoms with Gasteiger partial charge in [-0.15, -0.1) is 0 Å². The van der Waals surface area contributed by atoms with Crippen molar-refractivity contribution in [2.24, 2.45) is 0 Å². The second-order valence-electron chi connectivity index (χ2n) is 5.46. The lowest BCUT2D eigenvalue weighted by atomic mass is 10.0. The number of nitrogens with zero attached hydrogens (tertiary/aromatic N) is 2. The van der Waals surface area contributed by atoms with Crippen molar-refractivity contribution in [2.75, 3.05) is 24.6 Å². The first kappa shape index (κ1) is 13.0. The van der Waals surface area contributed by atoms with Crippen LogP contribution in [0.1, 0.15) is 31.0 Å². The van der Waals surface area contributed by atoms with Gasteiger partial charge in [0.05, 0.1) is 0 Å². The molecule has 4 heteroatoms. The van der Waals surface area contributed by atoms with E-state index in [0.29, 0.717) is 5.92 Å². The van der Waals surface area contributed by atoms with E-state index < -0.39 is 0 Å². The molecular weight excluding hydrogens is 254 g/mol. The molecule has 0 unspecified atom stereocenters. The van der Waals surface area contributed by atoms with E-state index in [2.05, 4.69) is 46.5 Å². The van der Waals surface area contributed by atoms with Crippen LogP contribution in [0, 0.1) is 0 Å². The molecule has 0 aliphatic carbocycles. The van der Waals surface area contributed by atoms with Gasteiger partial charge in [-0.3, -0.25) is 4.90 Å². The van der Waals surface area contributed by atoms with Crippen molar-refractivity contribution in [1.29, 1.82) is 0 Å². The van der Waals surface area contributed by atoms with Crippen LogP contribution >= 0.6 is 11.8 Å². The number of hydrogen-bond donors (Lipinski definition) is 1. The average Bonchev–Trinajstić information content (AvgIpc) is 2.79. The first-order valence-electron chi connectivity index (χ1n) is 7.01. The first-order valence-corrected chi connectivity index (χ1v) is 8.16. The van der Waals surface area contributed by atoms with Gasteiger partial charge in [0, 0.05) is 48.4 Å². The number of pyridine rings is 1. The summed E-state index contributed by atoms with van der Waals surface area (Å²) >= 11 is 2.06. The Morgan fingerprint density at radius 2 is 2.16 bits per heavy atom. The molecule has 0 radical (unpaired) electrons. The lowest BCUT2D eigenvalue weighted by Gasteiger charge is -2.26. The standard InChI is InChI=1S/C15H21N3S/c1-11(2)14-13(10-18-6-8-19-9-7-18)12-4-3-5-16-15(12)17-14/h3-5,11H,6-10H2,1-2H3,(H,16,17). The molecule has 3 nitrogen and oxygen atoms in total. The molecule has 3 rings (SSSR count). The third-order valence-corrected chi connectivity index (χ3v) is 4.72. The highest BCUT2D eigenvalue weighted by Crippen LogP contribution is 2.28. The Morgan fingerprint density at radius 1 is 1.37 bits per heavy atom. The Kier molecular flexibility index (Phi) is 3.80. The lowest BCUT2D eigenvalue weighted by molar-refractivity contribution is 0.294. The molecule has 1 aliphatic rings. The number of thioether (sulfide) groups is 1. The Balaban J connectivity index is 1.97. The van der Waals surface area contributed by atoms with Crippen LogP contribution in [0.15, 0.2) is 18.3 Å². The quantitative estimate of drug-likeness (QED) is 0.933. The van der Waals surface area contributed by atoms with Gasteiger partial charge in [0.25, 0.3) is 0 Å². The normalized spacial score (nSPS) is 17.4. The number of rotatable bonds is 3. The summed E-state index contributed by atoms with van der Waals surface area (Å²) in [6, 6.07) is 4.23. The van der Waals surface area contributed by atoms with Gasteiger partial charge >= 0.3 is 0 Å². The summed E-state index contributed by atoms with van der Waals surface area (Å²) in [5.41, 5.74) is 3.84. The van der Waals surface area contributed by atoms with E-state index in [0.717, 1.165) is 12.2 Å². The summed E-state index contributed by atoms with van der Waals surface area (Å²) in [5.74, 6) is 3.04. The van der Waals surface area contributed by atoms with Crippen molar-refractivity contribution in [3.63, 3.8) is 0 Å². The summed E-state index contributed by atoms with van der Waals surface area (Å²) in [4.78, 5) is 10.5. The lowest BCUT2D eigenvalue weighted by Crippen LogP contribution is -2.32. The highest BCUT2D eigenvalue weighted by molar-refractivity contribution is 7.99. The van der Waals surface area contributed by atoms with E-state index >= 15 is 0 Å². The molecule has 1 fully saturated rings. The molecule has 0 atom stereocenters. The zero-order chi connectivity index (χ0) is 13.2. The predicted octanol–water partition coefficient (Wildman–Crippen LogP) is 3.24. The SMILES string of the molecule is CC(C)c1[nH]c2ncccc2c1CN1CCSCC1. The van der Waals surface area contributed by atoms with Crippen LogP contribution in [0.2, 0.25) is 0 Å². The van der Waals surface area contributed by atoms with E-state index in [9.17, 15) is 0 Å². The van der Waals surface area contributed by atoms with Gasteiger partial charge in [-0.05, 0) is 23.6 Å². The molecule has 2 aromatic heterocycles. The number of nitrogens with one attached hydrogen (secondary N) is 1. The van der Waals surface area contributed by atoms with Crippen molar-refractivity contribution < 1.29 is 0 Å². The van der Waals surface area contributed by atoms with Crippen molar-refractivity contribution in [1.82, 2.24) is 14.9 Å². The molecule has 1 N–H and O–H groups in total. The van der Waals surface area contributed by atoms with Crippen LogP contribution in [-0.2, 0) is 6.54 Å². The minimum atomic E-state index is 0.517. The molecule has 1 saturated heterocycles. The van der Waals surface area contributed by atoms with Gasteiger partial charge in [-0.25, -0.2) is 4.98 Å². The van der Waals surface area contributed by atoms with Crippen molar-refractivity contribution in [2.45, 2.75) is 26.3 Å². The van der Waals surface area contributed by atoms with Crippen LogP contribution in [0.5, 0.6) is 0 Å². The molecule has 0 amide bonds. The fraction of sp³-hybridized carbons (Fsp3) is 0.533. The van der Waals surface area contributed by atoms with Crippen molar-refractivity contribution in [3.05, 3.63) is 29.6 Å². The Morgan fingerprint density at radius 3 is 2.89 bits per heavy atom. The largest absolute Gasteiger partial charge is 0.343 e. The Bertz CT molecular complexity index is 556. The highest BCUT2D eigenvalue weighted by Gasteiger charge is 2.18. The topological polar surface area (TPSA) is 31.9 Å². The van der Waals surface area contributed by atoms with E-state index in [4.69, 9.17) is 0 Å². The number of aromatic amines is 1. The molecule has 19 heavy (non-hydrogen) atoms. The van der Waals surface area contributed by atoms with Gasteiger partial charge in [0.15, 0.2) is 0 Å². The second kappa shape index (κ2) is 5.55. The van der Waals surface area contributed by atoms with E-state index in [1.807, 2.05) is 12.3 Å². The summed E-state index contributed by atoms with van der Waals surface area (Å²) < 4.78 is 0. The summed E-state index contributed by atoms with van der Waals surface area (Å²) in [5, 5.41) is 1.30. The van der Waals surface area contributed by atoms with Gasteiger partial charge < -0.3 is 4.98 Å². The van der Waals surface area contributed by atoms with Crippen LogP contribution in [-0.4, -0.2) is 39.5 Å². The van der Waals surface area contributed by atoms with E-state index in [1.165, 1.54) is 41.2 Å². The first-order chi connectivity index (χ1) is 9.25. The van der Waals surface area contributed by atoms with Gasteiger partial charge in [0.1, 0.15) is 5.65 Å². The van der Waals surface area contributed by atoms with Gasteiger partial charge in [-0.1, -0.05) is 13.8 Å². The van der Waals surface area contributed by atoms with E-state index in [-0.39, 0.29) is 0 Å². The van der Waals surface area contributed by atoms with Crippen molar-refractivity contribution >= 4 is 22.8 Å². The predicted molar refractivity (Wildman–Crippen MR) is 82.8 cm³/mol. The molecule has 3 heterocycles. The zero-order valence-corrected chi connectivity index (χ0v) is 12.5. The summed E-state index contributed by atoms with van der Waals surface area (Å²) in [7, 11) is 0. The van der Waals surface area contributed by atoms with Crippen LogP contribution < -0.4 is 0 Å². The monoisotopic (exact) mass is 275 g/mol. The molecule has 0 aromatic carbocycles. The van der Waals surface area contributed by atoms with Crippen LogP contribution in [0.25, 0.3) is 11.0 Å². The van der Waals surface area contributed by atoms with Gasteiger partial charge in [0.2, 0.25) is 0 Å². The average molecular weight is 275 g/mol. The molecule has 2 aromatic rings. The maximum atomic E-state index is 4.46. The summed E-state index contributed by atoms with van der Waals surface area (Å²) in [6.45, 7) is 7.96. The summed E-state index contributed by atoms with van der Waals surface area (Å²) in [6.07, 6.45) is 1.87. The van der Waals surface area contributed by atoms with Crippen LogP contribution in [0.4, 0.5) is 0 Å². The minimum Gasteiger partial charge on any atom is -0.343 e. The zero-order valence-electron chi connectivity index (χ0n) is 11.6. The third-order valence-electron chi connectivity index (χ3n) is 3.77. The second-order valence-corrected chi connectivity index (χ2v) is 6.68. The molecule has 102 valence electrons. The maximum absolute atomic E-state index is 4.46. The molecule has 0 spiro atoms. The minimum absolute atomic E-state index is 0.517. The van der Waals surface area contributed by atoms with Crippen LogP contribution in [0.3, 0.4) is 0 Å². The smallest absolute Gasteiger partial charge is 0.137 e. The Hall–Kier alpha value is -1.00. The molecule has 1 aliphatic heterocycles. The van der Waals surface area contributed by atoms with E-state index in [1.54, 1.807) is 0 Å². The van der Waals surface area contributed by atoms with Crippen molar-refractivity contribution in [3.8, 4) is 0 Å². The highest BCUT2D eigenvalue weighted by atomic mass is 32.2. The number of fused-ring (bicyclic) bond motifs is 1. The van der Waals surface area contributed by atoms with Gasteiger partial charge in [-0.2, -0.15) is 11.8 Å². The molecular formula is C15H21N3S. The fourth-order valence-electron chi connectivity index (χ4n) is 2.74. The maximum Gasteiger partial charge on any atom is 0.137 e. The molecule has 0 bridgehead atoms. The third kappa shape index (κ3) is 2.65.